The number of benzene rings is 1. The van der Waals surface area contributed by atoms with Gasteiger partial charge in [0.05, 0.1) is 0 Å². The van der Waals surface area contributed by atoms with Gasteiger partial charge < -0.3 is 10.2 Å². The number of amides is 2. The number of carbonyl (C=O) groups is 2. The van der Waals surface area contributed by atoms with Crippen molar-refractivity contribution in [2.24, 2.45) is 0 Å². The highest BCUT2D eigenvalue weighted by Gasteiger charge is 2.18. The molecular formula is C20H24F2N4O2S. The Morgan fingerprint density at radius 2 is 2.07 bits per heavy atom. The standard InChI is InChI=1S/C20H24F2N4O2S/c1-13-5-2-3-9-26(13)10-4-8-23-19(28)17-12-29-20(24-17)25-18(27)14-6-7-15(21)16(22)11-14/h6-7,11-13H,2-5,8-10H2,1H3,(H,23,28)(H,24,25,27)/t13-/m1/s1. The number of halogens is 2. The molecule has 1 saturated heterocycles. The molecule has 2 N–H and O–H groups in total. The number of hydrogen-bond donors (Lipinski definition) is 2. The number of carbonyl (C=O) groups excluding carboxylic acids is 2. The average Bonchev–Trinajstić information content (AvgIpc) is 3.17. The predicted octanol–water partition coefficient (Wildman–Crippen LogP) is 3.67. The van der Waals surface area contributed by atoms with Crippen molar-refractivity contribution >= 4 is 28.3 Å². The largest absolute Gasteiger partial charge is 0.351 e. The molecule has 2 amide bonds. The van der Waals surface area contributed by atoms with Gasteiger partial charge in [0.15, 0.2) is 16.8 Å². The number of nitrogens with one attached hydrogen (secondary N) is 2. The number of thiazole rings is 1. The van der Waals surface area contributed by atoms with Gasteiger partial charge in [0.2, 0.25) is 0 Å². The summed E-state index contributed by atoms with van der Waals surface area (Å²) in [5, 5.41) is 7.09. The van der Waals surface area contributed by atoms with Gasteiger partial charge in [-0.25, -0.2) is 13.8 Å². The molecular weight excluding hydrogens is 398 g/mol. The monoisotopic (exact) mass is 422 g/mol. The van der Waals surface area contributed by atoms with Crippen molar-refractivity contribution in [2.75, 3.05) is 25.0 Å². The maximum absolute atomic E-state index is 13.3. The van der Waals surface area contributed by atoms with Gasteiger partial charge >= 0.3 is 0 Å². The van der Waals surface area contributed by atoms with Gasteiger partial charge in [0.25, 0.3) is 11.8 Å². The number of nitrogens with zero attached hydrogens (tertiary/aromatic N) is 2. The Labute approximate surface area is 172 Å². The Bertz CT molecular complexity index is 874. The van der Waals surface area contributed by atoms with Crippen molar-refractivity contribution in [1.82, 2.24) is 15.2 Å². The molecule has 29 heavy (non-hydrogen) atoms. The first-order valence-corrected chi connectivity index (χ1v) is 10.6. The van der Waals surface area contributed by atoms with E-state index >= 15 is 0 Å². The number of anilines is 1. The van der Waals surface area contributed by atoms with Gasteiger partial charge in [-0.15, -0.1) is 11.3 Å². The van der Waals surface area contributed by atoms with Crippen LogP contribution >= 0.6 is 11.3 Å². The summed E-state index contributed by atoms with van der Waals surface area (Å²) in [5.41, 5.74) is 0.180. The molecule has 0 aliphatic carbocycles. The molecule has 2 heterocycles. The van der Waals surface area contributed by atoms with Crippen LogP contribution in [0.4, 0.5) is 13.9 Å². The fourth-order valence-corrected chi connectivity index (χ4v) is 3.99. The summed E-state index contributed by atoms with van der Waals surface area (Å²) in [6.07, 6.45) is 4.60. The molecule has 1 aromatic carbocycles. The molecule has 1 fully saturated rings. The van der Waals surface area contributed by atoms with E-state index in [2.05, 4.69) is 27.4 Å². The first kappa shape index (κ1) is 21.3. The molecule has 0 bridgehead atoms. The topological polar surface area (TPSA) is 74.3 Å². The molecule has 1 atom stereocenters. The van der Waals surface area contributed by atoms with Crippen molar-refractivity contribution in [2.45, 2.75) is 38.6 Å². The molecule has 1 aliphatic rings. The van der Waals surface area contributed by atoms with Crippen LogP contribution in [0.1, 0.15) is 53.5 Å². The maximum Gasteiger partial charge on any atom is 0.270 e. The lowest BCUT2D eigenvalue weighted by atomic mass is 10.0. The van der Waals surface area contributed by atoms with Gasteiger partial charge in [-0.2, -0.15) is 0 Å². The molecule has 1 aliphatic heterocycles. The molecule has 1 aromatic heterocycles. The lowest BCUT2D eigenvalue weighted by molar-refractivity contribution is 0.0943. The van der Waals surface area contributed by atoms with Crippen LogP contribution in [0.15, 0.2) is 23.6 Å². The Morgan fingerprint density at radius 3 is 2.83 bits per heavy atom. The van der Waals surface area contributed by atoms with Crippen LogP contribution in [0.3, 0.4) is 0 Å². The second kappa shape index (κ2) is 9.89. The summed E-state index contributed by atoms with van der Waals surface area (Å²) in [4.78, 5) is 30.9. The van der Waals surface area contributed by atoms with Gasteiger partial charge in [0.1, 0.15) is 5.69 Å². The van der Waals surface area contributed by atoms with E-state index in [-0.39, 0.29) is 22.3 Å². The second-order valence-electron chi connectivity index (χ2n) is 7.11. The van der Waals surface area contributed by atoms with E-state index in [1.165, 1.54) is 25.3 Å². The van der Waals surface area contributed by atoms with E-state index in [1.54, 1.807) is 5.38 Å². The summed E-state index contributed by atoms with van der Waals surface area (Å²) in [6, 6.07) is 3.47. The van der Waals surface area contributed by atoms with Crippen LogP contribution in [0.5, 0.6) is 0 Å². The summed E-state index contributed by atoms with van der Waals surface area (Å²) >= 11 is 1.09. The van der Waals surface area contributed by atoms with Crippen LogP contribution in [0.25, 0.3) is 0 Å². The lowest BCUT2D eigenvalue weighted by Crippen LogP contribution is -2.39. The zero-order valence-corrected chi connectivity index (χ0v) is 17.0. The van der Waals surface area contributed by atoms with Crippen LogP contribution in [0.2, 0.25) is 0 Å². The third-order valence-electron chi connectivity index (χ3n) is 4.99. The predicted molar refractivity (Wildman–Crippen MR) is 108 cm³/mol. The SMILES string of the molecule is C[C@@H]1CCCCN1CCCNC(=O)c1csc(NC(=O)c2ccc(F)c(F)c2)n1. The van der Waals surface area contributed by atoms with E-state index in [0.29, 0.717) is 12.6 Å². The summed E-state index contributed by atoms with van der Waals surface area (Å²) in [7, 11) is 0. The van der Waals surface area contributed by atoms with Crippen LogP contribution in [-0.4, -0.2) is 47.4 Å². The number of rotatable bonds is 7. The number of hydrogen-bond acceptors (Lipinski definition) is 5. The minimum Gasteiger partial charge on any atom is -0.351 e. The maximum atomic E-state index is 13.3. The van der Waals surface area contributed by atoms with Gasteiger partial charge in [0, 0.05) is 30.1 Å². The number of aromatic nitrogens is 1. The van der Waals surface area contributed by atoms with Crippen molar-refractivity contribution in [1.29, 1.82) is 0 Å². The molecule has 3 rings (SSSR count). The first-order chi connectivity index (χ1) is 13.9. The minimum atomic E-state index is -1.10. The molecule has 6 nitrogen and oxygen atoms in total. The third-order valence-corrected chi connectivity index (χ3v) is 5.75. The van der Waals surface area contributed by atoms with E-state index in [4.69, 9.17) is 0 Å². The zero-order chi connectivity index (χ0) is 20.8. The van der Waals surface area contributed by atoms with E-state index in [1.807, 2.05) is 0 Å². The van der Waals surface area contributed by atoms with Crippen LogP contribution < -0.4 is 10.6 Å². The van der Waals surface area contributed by atoms with E-state index in [9.17, 15) is 18.4 Å². The van der Waals surface area contributed by atoms with Crippen LogP contribution in [0, 0.1) is 11.6 Å². The molecule has 2 aromatic rings. The Morgan fingerprint density at radius 1 is 1.24 bits per heavy atom. The van der Waals surface area contributed by atoms with Gasteiger partial charge in [-0.05, 0) is 50.9 Å². The highest BCUT2D eigenvalue weighted by Crippen LogP contribution is 2.18. The molecule has 156 valence electrons. The van der Waals surface area contributed by atoms with Crippen molar-refractivity contribution in [3.63, 3.8) is 0 Å². The molecule has 0 unspecified atom stereocenters. The van der Waals surface area contributed by atoms with Crippen LogP contribution in [-0.2, 0) is 0 Å². The molecule has 0 spiro atoms. The fraction of sp³-hybridized carbons (Fsp3) is 0.450. The summed E-state index contributed by atoms with van der Waals surface area (Å²) in [6.45, 7) is 4.86. The Balaban J connectivity index is 1.45. The highest BCUT2D eigenvalue weighted by atomic mass is 32.1. The van der Waals surface area contributed by atoms with Gasteiger partial charge in [-0.3, -0.25) is 14.9 Å². The second-order valence-corrected chi connectivity index (χ2v) is 7.97. The highest BCUT2D eigenvalue weighted by molar-refractivity contribution is 7.14. The molecule has 9 heteroatoms. The molecule has 0 saturated carbocycles. The Hall–Kier alpha value is -2.39. The van der Waals surface area contributed by atoms with Crippen molar-refractivity contribution in [3.05, 3.63) is 46.5 Å². The minimum absolute atomic E-state index is 0.0305. The quantitative estimate of drug-likeness (QED) is 0.668. The number of piperidine rings is 1. The zero-order valence-electron chi connectivity index (χ0n) is 16.2. The summed E-state index contributed by atoms with van der Waals surface area (Å²) in [5.74, 6) is -3.05. The fourth-order valence-electron chi connectivity index (χ4n) is 3.31. The summed E-state index contributed by atoms with van der Waals surface area (Å²) < 4.78 is 26.2. The van der Waals surface area contributed by atoms with Gasteiger partial charge in [-0.1, -0.05) is 6.42 Å². The smallest absolute Gasteiger partial charge is 0.270 e. The average molecular weight is 423 g/mol. The number of likely N-dealkylation sites (tertiary alicyclic amines) is 1. The van der Waals surface area contributed by atoms with E-state index in [0.717, 1.165) is 43.0 Å². The normalized spacial score (nSPS) is 17.1. The van der Waals surface area contributed by atoms with Crippen molar-refractivity contribution < 1.29 is 18.4 Å². The van der Waals surface area contributed by atoms with Crippen molar-refractivity contribution in [3.8, 4) is 0 Å². The molecule has 0 radical (unpaired) electrons. The Kier molecular flexibility index (Phi) is 7.27. The third kappa shape index (κ3) is 5.80. The lowest BCUT2D eigenvalue weighted by Gasteiger charge is -2.33. The van der Waals surface area contributed by atoms with E-state index < -0.39 is 17.5 Å². The first-order valence-electron chi connectivity index (χ1n) is 9.68.